The van der Waals surface area contributed by atoms with Crippen molar-refractivity contribution in [2.45, 2.75) is 38.7 Å². The molecule has 2 nitrogen and oxygen atoms in total. The molecule has 1 aliphatic rings. The minimum atomic E-state index is 0.497. The molecule has 2 heteroatoms. The highest BCUT2D eigenvalue weighted by Crippen LogP contribution is 2.25. The molecule has 1 saturated carbocycles. The predicted molar refractivity (Wildman–Crippen MR) is 72.3 cm³/mol. The van der Waals surface area contributed by atoms with Crippen LogP contribution in [-0.4, -0.2) is 19.3 Å². The number of rotatable bonds is 5. The molecule has 0 saturated heterocycles. The predicted octanol–water partition coefficient (Wildman–Crippen LogP) is 3.69. The van der Waals surface area contributed by atoms with Crippen LogP contribution >= 0.6 is 0 Å². The zero-order valence-electron chi connectivity index (χ0n) is 10.7. The molecule has 2 unspecified atom stereocenters. The minimum Gasteiger partial charge on any atom is -0.383 e. The summed E-state index contributed by atoms with van der Waals surface area (Å²) in [6.45, 7) is 4.04. The highest BCUT2D eigenvalue weighted by molar-refractivity contribution is 5.42. The zero-order valence-corrected chi connectivity index (χ0v) is 10.7. The molecule has 1 aliphatic carbocycles. The molecule has 1 aromatic carbocycles. The lowest BCUT2D eigenvalue weighted by atomic mass is 9.89. The Hall–Kier alpha value is -1.02. The van der Waals surface area contributed by atoms with Crippen LogP contribution in [0, 0.1) is 5.92 Å². The van der Waals surface area contributed by atoms with Crippen LogP contribution in [0.15, 0.2) is 30.3 Å². The number of anilines is 1. The van der Waals surface area contributed by atoms with Gasteiger partial charge in [-0.05, 0) is 30.9 Å². The lowest BCUT2D eigenvalue weighted by Crippen LogP contribution is -2.24. The van der Waals surface area contributed by atoms with Crippen LogP contribution in [0.3, 0.4) is 0 Å². The second-order valence-corrected chi connectivity index (χ2v) is 5.06. The molecule has 1 aromatic rings. The molecular weight excluding hydrogens is 210 g/mol. The van der Waals surface area contributed by atoms with E-state index in [-0.39, 0.29) is 0 Å². The van der Waals surface area contributed by atoms with Gasteiger partial charge in [-0.1, -0.05) is 38.0 Å². The summed E-state index contributed by atoms with van der Waals surface area (Å²) in [7, 11) is 0. The molecule has 17 heavy (non-hydrogen) atoms. The third-order valence-corrected chi connectivity index (χ3v) is 3.45. The molecule has 0 radical (unpaired) electrons. The topological polar surface area (TPSA) is 21.3 Å². The van der Waals surface area contributed by atoms with Gasteiger partial charge in [0, 0.05) is 12.2 Å². The second kappa shape index (κ2) is 6.65. The summed E-state index contributed by atoms with van der Waals surface area (Å²) in [5.74, 6) is 0.843. The SMILES string of the molecule is CC1CCCC(OCCNc2ccccc2)C1. The lowest BCUT2D eigenvalue weighted by Gasteiger charge is -2.26. The van der Waals surface area contributed by atoms with Crippen molar-refractivity contribution >= 4 is 5.69 Å². The van der Waals surface area contributed by atoms with Crippen molar-refractivity contribution < 1.29 is 4.74 Å². The van der Waals surface area contributed by atoms with Crippen molar-refractivity contribution in [1.29, 1.82) is 0 Å². The van der Waals surface area contributed by atoms with E-state index >= 15 is 0 Å². The molecule has 94 valence electrons. The Morgan fingerprint density at radius 1 is 1.24 bits per heavy atom. The van der Waals surface area contributed by atoms with Crippen molar-refractivity contribution in [3.05, 3.63) is 30.3 Å². The number of benzene rings is 1. The molecule has 0 bridgehead atoms. The van der Waals surface area contributed by atoms with Crippen LogP contribution in [-0.2, 0) is 4.74 Å². The van der Waals surface area contributed by atoms with Crippen molar-refractivity contribution in [2.75, 3.05) is 18.5 Å². The van der Waals surface area contributed by atoms with Gasteiger partial charge in [0.15, 0.2) is 0 Å². The van der Waals surface area contributed by atoms with Gasteiger partial charge in [0.05, 0.1) is 12.7 Å². The molecule has 0 aliphatic heterocycles. The van der Waals surface area contributed by atoms with Crippen LogP contribution in [0.1, 0.15) is 32.6 Å². The Labute approximate surface area is 104 Å². The Bertz CT molecular complexity index is 312. The summed E-state index contributed by atoms with van der Waals surface area (Å²) in [4.78, 5) is 0. The van der Waals surface area contributed by atoms with E-state index in [0.717, 1.165) is 19.1 Å². The number of hydrogen-bond acceptors (Lipinski definition) is 2. The average Bonchev–Trinajstić information content (AvgIpc) is 2.36. The quantitative estimate of drug-likeness (QED) is 0.783. The normalized spacial score (nSPS) is 24.5. The largest absolute Gasteiger partial charge is 0.383 e. The van der Waals surface area contributed by atoms with E-state index in [4.69, 9.17) is 4.74 Å². The molecule has 1 fully saturated rings. The van der Waals surface area contributed by atoms with Gasteiger partial charge in [0.1, 0.15) is 0 Å². The Balaban J connectivity index is 1.60. The summed E-state index contributed by atoms with van der Waals surface area (Å²) in [5.41, 5.74) is 1.17. The van der Waals surface area contributed by atoms with E-state index < -0.39 is 0 Å². The molecule has 1 N–H and O–H groups in total. The third-order valence-electron chi connectivity index (χ3n) is 3.45. The minimum absolute atomic E-state index is 0.497. The van der Waals surface area contributed by atoms with E-state index in [1.807, 2.05) is 18.2 Å². The van der Waals surface area contributed by atoms with E-state index in [2.05, 4.69) is 24.4 Å². The van der Waals surface area contributed by atoms with Crippen molar-refractivity contribution in [2.24, 2.45) is 5.92 Å². The van der Waals surface area contributed by atoms with Gasteiger partial charge in [-0.3, -0.25) is 0 Å². The maximum absolute atomic E-state index is 5.91. The van der Waals surface area contributed by atoms with Gasteiger partial charge >= 0.3 is 0 Å². The summed E-state index contributed by atoms with van der Waals surface area (Å²) in [5, 5.41) is 3.37. The number of nitrogens with one attached hydrogen (secondary N) is 1. The second-order valence-electron chi connectivity index (χ2n) is 5.06. The van der Waals surface area contributed by atoms with Gasteiger partial charge in [-0.2, -0.15) is 0 Å². The maximum atomic E-state index is 5.91. The van der Waals surface area contributed by atoms with Crippen LogP contribution in [0.2, 0.25) is 0 Å². The Morgan fingerprint density at radius 3 is 2.82 bits per heavy atom. The molecule has 0 aromatic heterocycles. The highest BCUT2D eigenvalue weighted by atomic mass is 16.5. The molecule has 0 spiro atoms. The first-order valence-electron chi connectivity index (χ1n) is 6.75. The first kappa shape index (κ1) is 12.4. The fourth-order valence-electron chi connectivity index (χ4n) is 2.51. The molecular formula is C15H23NO. The summed E-state index contributed by atoms with van der Waals surface area (Å²) >= 11 is 0. The van der Waals surface area contributed by atoms with Crippen LogP contribution in [0.25, 0.3) is 0 Å². The standard InChI is InChI=1S/C15H23NO/c1-13-6-5-9-15(12-13)17-11-10-16-14-7-3-2-4-8-14/h2-4,7-8,13,15-16H,5-6,9-12H2,1H3. The van der Waals surface area contributed by atoms with E-state index in [1.165, 1.54) is 31.4 Å². The fraction of sp³-hybridized carbons (Fsp3) is 0.600. The number of para-hydroxylation sites is 1. The van der Waals surface area contributed by atoms with Crippen molar-refractivity contribution in [3.8, 4) is 0 Å². The van der Waals surface area contributed by atoms with Gasteiger partial charge in [-0.25, -0.2) is 0 Å². The summed E-state index contributed by atoms with van der Waals surface area (Å²) < 4.78 is 5.91. The van der Waals surface area contributed by atoms with Crippen LogP contribution in [0.5, 0.6) is 0 Å². The fourth-order valence-corrected chi connectivity index (χ4v) is 2.51. The van der Waals surface area contributed by atoms with E-state index in [9.17, 15) is 0 Å². The molecule has 0 amide bonds. The Morgan fingerprint density at radius 2 is 2.06 bits per heavy atom. The van der Waals surface area contributed by atoms with Crippen molar-refractivity contribution in [3.63, 3.8) is 0 Å². The monoisotopic (exact) mass is 233 g/mol. The van der Waals surface area contributed by atoms with E-state index in [0.29, 0.717) is 6.10 Å². The molecule has 2 atom stereocenters. The van der Waals surface area contributed by atoms with Crippen LogP contribution < -0.4 is 5.32 Å². The van der Waals surface area contributed by atoms with Gasteiger partial charge < -0.3 is 10.1 Å². The summed E-state index contributed by atoms with van der Waals surface area (Å²) in [6.07, 6.45) is 5.69. The number of ether oxygens (including phenoxy) is 1. The molecule has 0 heterocycles. The third kappa shape index (κ3) is 4.39. The Kier molecular flexibility index (Phi) is 4.87. The maximum Gasteiger partial charge on any atom is 0.0642 e. The summed E-state index contributed by atoms with van der Waals surface area (Å²) in [6, 6.07) is 10.3. The van der Waals surface area contributed by atoms with Crippen LogP contribution in [0.4, 0.5) is 5.69 Å². The molecule has 2 rings (SSSR count). The average molecular weight is 233 g/mol. The number of hydrogen-bond donors (Lipinski definition) is 1. The van der Waals surface area contributed by atoms with E-state index in [1.54, 1.807) is 0 Å². The lowest BCUT2D eigenvalue weighted by molar-refractivity contribution is 0.0213. The highest BCUT2D eigenvalue weighted by Gasteiger charge is 2.18. The first-order chi connectivity index (χ1) is 8.34. The van der Waals surface area contributed by atoms with Gasteiger partial charge in [0.2, 0.25) is 0 Å². The first-order valence-corrected chi connectivity index (χ1v) is 6.75. The zero-order chi connectivity index (χ0) is 11.9. The van der Waals surface area contributed by atoms with Gasteiger partial charge in [-0.15, -0.1) is 0 Å². The smallest absolute Gasteiger partial charge is 0.0642 e. The van der Waals surface area contributed by atoms with Gasteiger partial charge in [0.25, 0.3) is 0 Å². The van der Waals surface area contributed by atoms with Crippen molar-refractivity contribution in [1.82, 2.24) is 0 Å².